The van der Waals surface area contributed by atoms with Crippen molar-refractivity contribution in [3.8, 4) is 0 Å². The van der Waals surface area contributed by atoms with Crippen LogP contribution in [0.25, 0.3) is 10.9 Å². The Hall–Kier alpha value is -2.64. The number of rotatable bonds is 6. The average Bonchev–Trinajstić information content (AvgIpc) is 3.31. The van der Waals surface area contributed by atoms with Gasteiger partial charge in [0.05, 0.1) is 5.71 Å². The number of piperidine rings is 2. The van der Waals surface area contributed by atoms with Gasteiger partial charge in [-0.25, -0.2) is 0 Å². The molecule has 6 nitrogen and oxygen atoms in total. The molecule has 0 spiro atoms. The lowest BCUT2D eigenvalue weighted by Crippen LogP contribution is -2.56. The van der Waals surface area contributed by atoms with E-state index in [-0.39, 0.29) is 11.4 Å². The van der Waals surface area contributed by atoms with Crippen LogP contribution in [0.15, 0.2) is 64.4 Å². The van der Waals surface area contributed by atoms with Crippen LogP contribution in [0.2, 0.25) is 0 Å². The molecule has 2 aliphatic rings. The normalized spacial score (nSPS) is 19.4. The van der Waals surface area contributed by atoms with Gasteiger partial charge in [-0.05, 0) is 88.5 Å². The second-order valence-electron chi connectivity index (χ2n) is 10.6. The quantitative estimate of drug-likeness (QED) is 0.269. The maximum absolute atomic E-state index is 13.4. The van der Waals surface area contributed by atoms with Gasteiger partial charge in [-0.1, -0.05) is 39.3 Å². The summed E-state index contributed by atoms with van der Waals surface area (Å²) in [6.07, 6.45) is 6.16. The summed E-state index contributed by atoms with van der Waals surface area (Å²) < 4.78 is 3.14. The molecule has 0 unspecified atom stereocenters. The Kier molecular flexibility index (Phi) is 7.72. The Morgan fingerprint density at radius 1 is 1.05 bits per heavy atom. The molecule has 3 heterocycles. The minimum Gasteiger partial charge on any atom is -0.396 e. The molecule has 2 saturated heterocycles. The number of hydrogen-bond donors (Lipinski definition) is 0. The Balaban J connectivity index is 1.21. The monoisotopic (exact) mass is 564 g/mol. The lowest BCUT2D eigenvalue weighted by atomic mass is 9.82. The lowest BCUT2D eigenvalue weighted by molar-refractivity contribution is 0.0162. The van der Waals surface area contributed by atoms with Crippen molar-refractivity contribution >= 4 is 38.5 Å². The predicted molar refractivity (Wildman–Crippen MR) is 153 cm³/mol. The second kappa shape index (κ2) is 11.0. The Bertz CT molecular complexity index is 1270. The van der Waals surface area contributed by atoms with Gasteiger partial charge in [-0.3, -0.25) is 9.69 Å². The van der Waals surface area contributed by atoms with Crippen LogP contribution in [0.1, 0.15) is 55.5 Å². The molecule has 0 bridgehead atoms. The zero-order valence-electron chi connectivity index (χ0n) is 22.1. The molecule has 2 aromatic carbocycles. The highest BCUT2D eigenvalue weighted by Gasteiger charge is 2.39. The molecule has 0 N–H and O–H groups in total. The van der Waals surface area contributed by atoms with E-state index in [1.165, 1.54) is 0 Å². The zero-order chi connectivity index (χ0) is 26.0. The van der Waals surface area contributed by atoms with Crippen molar-refractivity contribution < 1.29 is 9.63 Å². The summed E-state index contributed by atoms with van der Waals surface area (Å²) in [7, 11) is 2.02. The summed E-state index contributed by atoms with van der Waals surface area (Å²) in [5, 5.41) is 5.58. The number of hydrogen-bond acceptors (Lipinski definition) is 4. The van der Waals surface area contributed by atoms with Gasteiger partial charge >= 0.3 is 0 Å². The molecule has 5 rings (SSSR count). The van der Waals surface area contributed by atoms with Crippen LogP contribution in [0.5, 0.6) is 0 Å². The summed E-state index contributed by atoms with van der Waals surface area (Å²) in [4.78, 5) is 23.7. The number of halogens is 1. The molecule has 2 fully saturated rings. The minimum absolute atomic E-state index is 0.120. The van der Waals surface area contributed by atoms with Gasteiger partial charge in [0.25, 0.3) is 5.91 Å². The standard InChI is InChI=1S/C30H37BrN4O2/c1-4-37-32-28(22-8-10-24(31)11-9-22)23-12-18-35(19-13-23)30(2)15-20-34(21-16-30)29(36)26-6-5-7-27-25(26)14-17-33(27)3/h5-11,14,17,23H,4,12-13,15-16,18-21H2,1-3H3/b32-28-. The maximum Gasteiger partial charge on any atom is 0.254 e. The Morgan fingerprint density at radius 2 is 1.76 bits per heavy atom. The van der Waals surface area contributed by atoms with Crippen LogP contribution in [0.4, 0.5) is 0 Å². The SMILES string of the molecule is CCO/N=C(/c1ccc(Br)cc1)C1CCN(C2(C)CCN(C(=O)c3cccc4c3ccn4C)CC2)CC1. The van der Waals surface area contributed by atoms with Crippen LogP contribution < -0.4 is 0 Å². The first-order chi connectivity index (χ1) is 17.9. The lowest BCUT2D eigenvalue weighted by Gasteiger charge is -2.49. The van der Waals surface area contributed by atoms with E-state index in [0.29, 0.717) is 12.5 Å². The number of amides is 1. The van der Waals surface area contributed by atoms with Crippen molar-refractivity contribution in [1.29, 1.82) is 0 Å². The second-order valence-corrected chi connectivity index (χ2v) is 11.5. The van der Waals surface area contributed by atoms with Gasteiger partial charge in [0.1, 0.15) is 6.61 Å². The van der Waals surface area contributed by atoms with Crippen LogP contribution in [-0.4, -0.2) is 64.3 Å². The first kappa shape index (κ1) is 26.0. The molecular formula is C30H37BrN4O2. The van der Waals surface area contributed by atoms with Gasteiger partial charge in [0, 0.05) is 58.7 Å². The molecule has 0 radical (unpaired) electrons. The predicted octanol–water partition coefficient (Wildman–Crippen LogP) is 6.09. The van der Waals surface area contributed by atoms with Crippen LogP contribution in [0.3, 0.4) is 0 Å². The number of oxime groups is 1. The highest BCUT2D eigenvalue weighted by Crippen LogP contribution is 2.34. The number of aryl methyl sites for hydroxylation is 1. The summed E-state index contributed by atoms with van der Waals surface area (Å²) in [6.45, 7) is 8.62. The van der Waals surface area contributed by atoms with Crippen molar-refractivity contribution in [2.24, 2.45) is 18.1 Å². The van der Waals surface area contributed by atoms with E-state index in [9.17, 15) is 4.79 Å². The Labute approximate surface area is 228 Å². The average molecular weight is 566 g/mol. The smallest absolute Gasteiger partial charge is 0.254 e. The van der Waals surface area contributed by atoms with E-state index < -0.39 is 0 Å². The number of benzene rings is 2. The number of nitrogens with zero attached hydrogens (tertiary/aromatic N) is 4. The van der Waals surface area contributed by atoms with Gasteiger partial charge in [-0.15, -0.1) is 0 Å². The first-order valence-electron chi connectivity index (χ1n) is 13.4. The number of aromatic nitrogens is 1. The number of fused-ring (bicyclic) bond motifs is 1. The van der Waals surface area contributed by atoms with Crippen molar-refractivity contribution in [2.45, 2.75) is 45.1 Å². The number of likely N-dealkylation sites (tertiary alicyclic amines) is 2. The molecule has 2 aliphatic heterocycles. The van der Waals surface area contributed by atoms with Crippen molar-refractivity contribution in [2.75, 3.05) is 32.8 Å². The third-order valence-corrected chi connectivity index (χ3v) is 8.89. The van der Waals surface area contributed by atoms with Crippen LogP contribution in [0, 0.1) is 5.92 Å². The molecule has 7 heteroatoms. The highest BCUT2D eigenvalue weighted by molar-refractivity contribution is 9.10. The fraction of sp³-hybridized carbons (Fsp3) is 0.467. The minimum atomic E-state index is 0.120. The molecule has 0 atom stereocenters. The van der Waals surface area contributed by atoms with E-state index >= 15 is 0 Å². The topological polar surface area (TPSA) is 50.1 Å². The largest absolute Gasteiger partial charge is 0.396 e. The van der Waals surface area contributed by atoms with Gasteiger partial charge in [0.2, 0.25) is 0 Å². The third kappa shape index (κ3) is 5.34. The van der Waals surface area contributed by atoms with Crippen molar-refractivity contribution in [3.63, 3.8) is 0 Å². The number of carbonyl (C=O) groups is 1. The van der Waals surface area contributed by atoms with E-state index in [1.807, 2.05) is 32.3 Å². The van der Waals surface area contributed by atoms with E-state index in [4.69, 9.17) is 4.84 Å². The zero-order valence-corrected chi connectivity index (χ0v) is 23.7. The van der Waals surface area contributed by atoms with Crippen molar-refractivity contribution in [1.82, 2.24) is 14.4 Å². The maximum atomic E-state index is 13.4. The summed E-state index contributed by atoms with van der Waals surface area (Å²) in [6, 6.07) is 16.5. The fourth-order valence-electron chi connectivity index (χ4n) is 5.98. The summed E-state index contributed by atoms with van der Waals surface area (Å²) in [5.74, 6) is 0.546. The summed E-state index contributed by atoms with van der Waals surface area (Å²) >= 11 is 3.54. The third-order valence-electron chi connectivity index (χ3n) is 8.36. The fourth-order valence-corrected chi connectivity index (χ4v) is 6.24. The van der Waals surface area contributed by atoms with E-state index in [1.54, 1.807) is 0 Å². The van der Waals surface area contributed by atoms with E-state index in [0.717, 1.165) is 84.1 Å². The van der Waals surface area contributed by atoms with Crippen LogP contribution in [-0.2, 0) is 11.9 Å². The van der Waals surface area contributed by atoms with Crippen molar-refractivity contribution in [3.05, 3.63) is 70.3 Å². The molecule has 196 valence electrons. The molecule has 37 heavy (non-hydrogen) atoms. The molecule has 3 aromatic rings. The van der Waals surface area contributed by atoms with Gasteiger partial charge in [0.15, 0.2) is 0 Å². The first-order valence-corrected chi connectivity index (χ1v) is 14.2. The van der Waals surface area contributed by atoms with E-state index in [2.05, 4.69) is 78.8 Å². The molecule has 1 amide bonds. The molecular weight excluding hydrogens is 528 g/mol. The molecule has 1 aromatic heterocycles. The molecule has 0 saturated carbocycles. The molecule has 0 aliphatic carbocycles. The van der Waals surface area contributed by atoms with Gasteiger partial charge in [-0.2, -0.15) is 0 Å². The Morgan fingerprint density at radius 3 is 2.43 bits per heavy atom. The van der Waals surface area contributed by atoms with Crippen LogP contribution >= 0.6 is 15.9 Å². The summed E-state index contributed by atoms with van der Waals surface area (Å²) in [5.41, 5.74) is 4.24. The highest BCUT2D eigenvalue weighted by atomic mass is 79.9. The van der Waals surface area contributed by atoms with Gasteiger partial charge < -0.3 is 14.3 Å². The number of carbonyl (C=O) groups excluding carboxylic acids is 1.